The van der Waals surface area contributed by atoms with E-state index in [0.717, 1.165) is 17.7 Å². The Balaban J connectivity index is 1.87. The molecule has 0 saturated carbocycles. The van der Waals surface area contributed by atoms with Crippen LogP contribution < -0.4 is 4.74 Å². The molecule has 1 aliphatic rings. The number of nitrogens with zero attached hydrogens (tertiary/aromatic N) is 1. The third-order valence-electron chi connectivity index (χ3n) is 3.72. The van der Waals surface area contributed by atoms with Crippen molar-refractivity contribution in [2.24, 2.45) is 0 Å². The molecule has 1 N–H and O–H groups in total. The van der Waals surface area contributed by atoms with Crippen molar-refractivity contribution >= 4 is 11.9 Å². The monoisotopic (exact) mass is 291 g/mol. The Morgan fingerprint density at radius 3 is 2.67 bits per heavy atom. The normalized spacial score (nSPS) is 17.8. The zero-order chi connectivity index (χ0) is 15.2. The van der Waals surface area contributed by atoms with Crippen molar-refractivity contribution in [3.63, 3.8) is 0 Å². The predicted molar refractivity (Wildman–Crippen MR) is 78.3 cm³/mol. The second kappa shape index (κ2) is 7.11. The molecule has 5 heteroatoms. The molecule has 1 aliphatic heterocycles. The molecule has 0 unspecified atom stereocenters. The van der Waals surface area contributed by atoms with Gasteiger partial charge in [-0.05, 0) is 43.9 Å². The number of hydrogen-bond acceptors (Lipinski definition) is 3. The molecule has 114 valence electrons. The van der Waals surface area contributed by atoms with Crippen LogP contribution in [0.15, 0.2) is 24.3 Å². The van der Waals surface area contributed by atoms with Gasteiger partial charge in [-0.25, -0.2) is 4.79 Å². The first-order valence-corrected chi connectivity index (χ1v) is 7.36. The van der Waals surface area contributed by atoms with Crippen molar-refractivity contribution in [2.45, 2.75) is 38.6 Å². The average molecular weight is 291 g/mol. The Bertz CT molecular complexity index is 498. The number of carboxylic acid groups (broad SMARTS) is 1. The van der Waals surface area contributed by atoms with Crippen molar-refractivity contribution in [1.29, 1.82) is 0 Å². The van der Waals surface area contributed by atoms with Crippen LogP contribution in [0.4, 0.5) is 0 Å². The number of carboxylic acids is 1. The van der Waals surface area contributed by atoms with Gasteiger partial charge < -0.3 is 14.7 Å². The molecule has 1 heterocycles. The lowest BCUT2D eigenvalue weighted by Gasteiger charge is -2.21. The molecule has 1 aromatic rings. The van der Waals surface area contributed by atoms with Crippen molar-refractivity contribution in [2.75, 3.05) is 13.2 Å². The van der Waals surface area contributed by atoms with E-state index < -0.39 is 12.0 Å². The number of hydrogen-bond donors (Lipinski definition) is 1. The van der Waals surface area contributed by atoms with E-state index in [4.69, 9.17) is 9.84 Å². The molecular formula is C16H21NO4. The smallest absolute Gasteiger partial charge is 0.326 e. The molecule has 1 amide bonds. The lowest BCUT2D eigenvalue weighted by molar-refractivity contribution is -0.148. The highest BCUT2D eigenvalue weighted by atomic mass is 16.5. The summed E-state index contributed by atoms with van der Waals surface area (Å²) in [6.07, 6.45) is 2.29. The lowest BCUT2D eigenvalue weighted by atomic mass is 10.1. The minimum atomic E-state index is -0.901. The van der Waals surface area contributed by atoms with E-state index in [0.29, 0.717) is 32.4 Å². The summed E-state index contributed by atoms with van der Waals surface area (Å²) < 4.78 is 5.37. The molecule has 1 aromatic carbocycles. The van der Waals surface area contributed by atoms with Gasteiger partial charge in [0.25, 0.3) is 0 Å². The first-order chi connectivity index (χ1) is 10.1. The Morgan fingerprint density at radius 2 is 2.05 bits per heavy atom. The zero-order valence-corrected chi connectivity index (χ0v) is 12.2. The van der Waals surface area contributed by atoms with Gasteiger partial charge in [-0.1, -0.05) is 12.1 Å². The maximum Gasteiger partial charge on any atom is 0.326 e. The van der Waals surface area contributed by atoms with Gasteiger partial charge in [0.05, 0.1) is 6.61 Å². The van der Waals surface area contributed by atoms with Crippen LogP contribution in [0.1, 0.15) is 31.7 Å². The van der Waals surface area contributed by atoms with Gasteiger partial charge in [-0.2, -0.15) is 0 Å². The summed E-state index contributed by atoms with van der Waals surface area (Å²) in [6, 6.07) is 7.02. The molecule has 0 aliphatic carbocycles. The minimum absolute atomic E-state index is 0.0752. The number of carbonyl (C=O) groups is 2. The second-order valence-electron chi connectivity index (χ2n) is 5.16. The van der Waals surface area contributed by atoms with Crippen LogP contribution in [0.25, 0.3) is 0 Å². The van der Waals surface area contributed by atoms with Gasteiger partial charge in [0, 0.05) is 13.0 Å². The Hall–Kier alpha value is -2.04. The van der Waals surface area contributed by atoms with Crippen LogP contribution in [0.5, 0.6) is 5.75 Å². The third-order valence-corrected chi connectivity index (χ3v) is 3.72. The highest BCUT2D eigenvalue weighted by molar-refractivity contribution is 5.84. The summed E-state index contributed by atoms with van der Waals surface area (Å²) in [4.78, 5) is 24.7. The summed E-state index contributed by atoms with van der Waals surface area (Å²) in [7, 11) is 0. The van der Waals surface area contributed by atoms with Crippen molar-refractivity contribution < 1.29 is 19.4 Å². The molecule has 0 aromatic heterocycles. The molecule has 5 nitrogen and oxygen atoms in total. The first-order valence-electron chi connectivity index (χ1n) is 7.36. The van der Waals surface area contributed by atoms with Crippen LogP contribution in [-0.4, -0.2) is 41.1 Å². The van der Waals surface area contributed by atoms with E-state index >= 15 is 0 Å². The molecule has 2 rings (SSSR count). The first kappa shape index (κ1) is 15.4. The van der Waals surface area contributed by atoms with Gasteiger partial charge in [0.15, 0.2) is 0 Å². The van der Waals surface area contributed by atoms with Crippen LogP contribution in [-0.2, 0) is 16.0 Å². The molecule has 1 saturated heterocycles. The number of ether oxygens (including phenoxy) is 1. The summed E-state index contributed by atoms with van der Waals surface area (Å²) in [5.74, 6) is -0.159. The number of amides is 1. The fourth-order valence-electron chi connectivity index (χ4n) is 2.64. The lowest BCUT2D eigenvalue weighted by Crippen LogP contribution is -2.40. The van der Waals surface area contributed by atoms with Gasteiger partial charge in [0.1, 0.15) is 11.8 Å². The SMILES string of the molecule is CCOc1ccc(CCC(=O)N2CCC[C@@H]2C(=O)O)cc1. The zero-order valence-electron chi connectivity index (χ0n) is 12.2. The van der Waals surface area contributed by atoms with Crippen LogP contribution >= 0.6 is 0 Å². The van der Waals surface area contributed by atoms with Crippen LogP contribution in [0.3, 0.4) is 0 Å². The van der Waals surface area contributed by atoms with Gasteiger partial charge in [0.2, 0.25) is 5.91 Å². The fourth-order valence-corrected chi connectivity index (χ4v) is 2.64. The van der Waals surface area contributed by atoms with Gasteiger partial charge in [-0.3, -0.25) is 4.79 Å². The second-order valence-corrected chi connectivity index (χ2v) is 5.16. The Labute approximate surface area is 124 Å². The number of aliphatic carboxylic acids is 1. The summed E-state index contributed by atoms with van der Waals surface area (Å²) >= 11 is 0. The van der Waals surface area contributed by atoms with E-state index in [1.54, 1.807) is 0 Å². The van der Waals surface area contributed by atoms with E-state index in [-0.39, 0.29) is 5.91 Å². The molecule has 0 bridgehead atoms. The van der Waals surface area contributed by atoms with Crippen molar-refractivity contribution in [3.8, 4) is 5.75 Å². The molecule has 21 heavy (non-hydrogen) atoms. The topological polar surface area (TPSA) is 66.8 Å². The number of carbonyl (C=O) groups excluding carboxylic acids is 1. The average Bonchev–Trinajstić information content (AvgIpc) is 2.96. The number of aryl methyl sites for hydroxylation is 1. The molecule has 0 spiro atoms. The van der Waals surface area contributed by atoms with E-state index in [2.05, 4.69) is 0 Å². The van der Waals surface area contributed by atoms with Crippen LogP contribution in [0, 0.1) is 0 Å². The van der Waals surface area contributed by atoms with Crippen molar-refractivity contribution in [3.05, 3.63) is 29.8 Å². The molecule has 1 fully saturated rings. The maximum absolute atomic E-state index is 12.1. The van der Waals surface area contributed by atoms with Gasteiger partial charge >= 0.3 is 5.97 Å². The molecule has 0 radical (unpaired) electrons. The number of benzene rings is 1. The Morgan fingerprint density at radius 1 is 1.33 bits per heavy atom. The third kappa shape index (κ3) is 3.97. The highest BCUT2D eigenvalue weighted by Crippen LogP contribution is 2.19. The number of rotatable bonds is 6. The summed E-state index contributed by atoms with van der Waals surface area (Å²) in [6.45, 7) is 3.12. The van der Waals surface area contributed by atoms with E-state index in [9.17, 15) is 9.59 Å². The van der Waals surface area contributed by atoms with Gasteiger partial charge in [-0.15, -0.1) is 0 Å². The predicted octanol–water partition coefficient (Wildman–Crippen LogP) is 2.09. The highest BCUT2D eigenvalue weighted by Gasteiger charge is 2.33. The maximum atomic E-state index is 12.1. The largest absolute Gasteiger partial charge is 0.494 e. The fraction of sp³-hybridized carbons (Fsp3) is 0.500. The molecule has 1 atom stereocenters. The van der Waals surface area contributed by atoms with Crippen molar-refractivity contribution in [1.82, 2.24) is 4.90 Å². The minimum Gasteiger partial charge on any atom is -0.494 e. The summed E-state index contributed by atoms with van der Waals surface area (Å²) in [5.41, 5.74) is 1.05. The molecular weight excluding hydrogens is 270 g/mol. The van der Waals surface area contributed by atoms with E-state index in [1.165, 1.54) is 4.90 Å². The number of likely N-dealkylation sites (tertiary alicyclic amines) is 1. The summed E-state index contributed by atoms with van der Waals surface area (Å²) in [5, 5.41) is 9.09. The Kier molecular flexibility index (Phi) is 5.20. The standard InChI is InChI=1S/C16H21NO4/c1-2-21-13-8-5-12(6-9-13)7-10-15(18)17-11-3-4-14(17)16(19)20/h5-6,8-9,14H,2-4,7,10-11H2,1H3,(H,19,20)/t14-/m1/s1. The van der Waals surface area contributed by atoms with Crippen LogP contribution in [0.2, 0.25) is 0 Å². The quantitative estimate of drug-likeness (QED) is 0.871. The van der Waals surface area contributed by atoms with E-state index in [1.807, 2.05) is 31.2 Å².